The van der Waals surface area contributed by atoms with Crippen molar-refractivity contribution in [3.05, 3.63) is 23.3 Å². The van der Waals surface area contributed by atoms with E-state index in [0.29, 0.717) is 5.56 Å². The Morgan fingerprint density at radius 2 is 1.62 bits per heavy atom. The molecule has 1 aromatic heterocycles. The predicted octanol–water partition coefficient (Wildman–Crippen LogP) is 2.94. The molecule has 1 heterocycles. The largest absolute Gasteiger partial charge is 0.239 e. The topological polar surface area (TPSA) is 49.6 Å². The second-order valence-corrected chi connectivity index (χ2v) is 6.07. The van der Waals surface area contributed by atoms with E-state index in [9.17, 15) is 0 Å². The zero-order chi connectivity index (χ0) is 12.6. The van der Waals surface area contributed by atoms with E-state index in [-0.39, 0.29) is 10.8 Å². The molecule has 0 saturated heterocycles. The lowest BCUT2D eigenvalue weighted by Gasteiger charge is -2.23. The van der Waals surface area contributed by atoms with Gasteiger partial charge in [-0.1, -0.05) is 41.5 Å². The summed E-state index contributed by atoms with van der Waals surface area (Å²) < 4.78 is 0. The van der Waals surface area contributed by atoms with Gasteiger partial charge in [-0.2, -0.15) is 5.26 Å². The van der Waals surface area contributed by atoms with Crippen LogP contribution in [0.5, 0.6) is 0 Å². The van der Waals surface area contributed by atoms with Crippen molar-refractivity contribution in [2.75, 3.05) is 0 Å². The van der Waals surface area contributed by atoms with E-state index in [4.69, 9.17) is 5.26 Å². The van der Waals surface area contributed by atoms with Crippen LogP contribution in [0.4, 0.5) is 0 Å². The maximum Gasteiger partial charge on any atom is 0.133 e. The molecule has 0 saturated carbocycles. The molecule has 0 fully saturated rings. The molecule has 0 radical (unpaired) electrons. The van der Waals surface area contributed by atoms with Gasteiger partial charge in [0.25, 0.3) is 0 Å². The summed E-state index contributed by atoms with van der Waals surface area (Å²) in [4.78, 5) is 8.81. The van der Waals surface area contributed by atoms with Gasteiger partial charge in [0.15, 0.2) is 0 Å². The maximum absolute atomic E-state index is 9.05. The van der Waals surface area contributed by atoms with E-state index < -0.39 is 0 Å². The highest BCUT2D eigenvalue weighted by atomic mass is 14.9. The molecule has 0 atom stereocenters. The molecule has 0 aliphatic rings. The summed E-state index contributed by atoms with van der Waals surface area (Å²) in [7, 11) is 0. The second kappa shape index (κ2) is 3.86. The lowest BCUT2D eigenvalue weighted by molar-refractivity contribution is 0.512. The summed E-state index contributed by atoms with van der Waals surface area (Å²) in [5.41, 5.74) is 1.18. The van der Waals surface area contributed by atoms with Gasteiger partial charge in [-0.15, -0.1) is 0 Å². The van der Waals surface area contributed by atoms with Crippen LogP contribution in [0.2, 0.25) is 0 Å². The van der Waals surface area contributed by atoms with Gasteiger partial charge in [0.1, 0.15) is 11.9 Å². The zero-order valence-corrected chi connectivity index (χ0v) is 10.9. The molecule has 16 heavy (non-hydrogen) atoms. The Morgan fingerprint density at radius 3 is 2.00 bits per heavy atom. The van der Waals surface area contributed by atoms with Crippen molar-refractivity contribution in [3.63, 3.8) is 0 Å². The Bertz CT molecular complexity index is 428. The van der Waals surface area contributed by atoms with Gasteiger partial charge in [-0.05, 0) is 0 Å². The van der Waals surface area contributed by atoms with Crippen LogP contribution in [-0.2, 0) is 10.8 Å². The summed E-state index contributed by atoms with van der Waals surface area (Å²) in [5.74, 6) is 0.788. The Morgan fingerprint density at radius 1 is 1.06 bits per heavy atom. The van der Waals surface area contributed by atoms with Gasteiger partial charge in [-0.25, -0.2) is 9.97 Å². The summed E-state index contributed by atoms with van der Waals surface area (Å²) in [5, 5.41) is 9.05. The van der Waals surface area contributed by atoms with Gasteiger partial charge in [-0.3, -0.25) is 0 Å². The summed E-state index contributed by atoms with van der Waals surface area (Å²) in [6.45, 7) is 12.4. The van der Waals surface area contributed by atoms with Gasteiger partial charge in [0.2, 0.25) is 0 Å². The SMILES string of the molecule is CC(C)(C)c1ncc(C#N)c(C(C)(C)C)n1. The average Bonchev–Trinajstić information content (AvgIpc) is 2.14. The summed E-state index contributed by atoms with van der Waals surface area (Å²) in [6, 6.07) is 2.16. The fourth-order valence-corrected chi connectivity index (χ4v) is 1.40. The molecule has 0 aliphatic heterocycles. The smallest absolute Gasteiger partial charge is 0.133 e. The molecule has 3 heteroatoms. The van der Waals surface area contributed by atoms with Crippen LogP contribution < -0.4 is 0 Å². The number of rotatable bonds is 0. The minimum Gasteiger partial charge on any atom is -0.239 e. The molecular weight excluding hydrogens is 198 g/mol. The molecule has 0 bridgehead atoms. The number of nitriles is 1. The third kappa shape index (κ3) is 2.57. The molecule has 1 aromatic rings. The lowest BCUT2D eigenvalue weighted by atomic mass is 9.88. The van der Waals surface area contributed by atoms with Gasteiger partial charge < -0.3 is 0 Å². The van der Waals surface area contributed by atoms with Crippen LogP contribution in [0.25, 0.3) is 0 Å². The van der Waals surface area contributed by atoms with Crippen molar-refractivity contribution in [2.24, 2.45) is 0 Å². The second-order valence-electron chi connectivity index (χ2n) is 6.07. The van der Waals surface area contributed by atoms with Crippen LogP contribution in [0.15, 0.2) is 6.20 Å². The molecule has 0 aliphatic carbocycles. The Hall–Kier alpha value is -1.43. The highest BCUT2D eigenvalue weighted by Gasteiger charge is 2.24. The third-order valence-electron chi connectivity index (χ3n) is 2.29. The Kier molecular flexibility index (Phi) is 3.05. The quantitative estimate of drug-likeness (QED) is 0.671. The van der Waals surface area contributed by atoms with Crippen molar-refractivity contribution in [1.29, 1.82) is 5.26 Å². The standard InChI is InChI=1S/C13H19N3/c1-12(2,3)10-9(7-14)8-15-11(16-10)13(4,5)6/h8H,1-6H3. The first-order valence-electron chi connectivity index (χ1n) is 5.44. The molecule has 0 aromatic carbocycles. The minimum absolute atomic E-state index is 0.0893. The normalized spacial score (nSPS) is 12.3. The van der Waals surface area contributed by atoms with E-state index in [0.717, 1.165) is 11.5 Å². The molecule has 0 spiro atoms. The minimum atomic E-state index is -0.131. The fourth-order valence-electron chi connectivity index (χ4n) is 1.40. The Balaban J connectivity index is 3.41. The average molecular weight is 217 g/mol. The monoisotopic (exact) mass is 217 g/mol. The van der Waals surface area contributed by atoms with Crippen LogP contribution in [0.3, 0.4) is 0 Å². The van der Waals surface area contributed by atoms with Crippen LogP contribution in [0, 0.1) is 11.3 Å². The molecule has 1 rings (SSSR count). The molecule has 0 unspecified atom stereocenters. The molecular formula is C13H19N3. The van der Waals surface area contributed by atoms with Crippen molar-refractivity contribution in [1.82, 2.24) is 9.97 Å². The first-order valence-corrected chi connectivity index (χ1v) is 5.44. The zero-order valence-electron chi connectivity index (χ0n) is 10.9. The van der Waals surface area contributed by atoms with Crippen molar-refractivity contribution in [3.8, 4) is 6.07 Å². The van der Waals surface area contributed by atoms with Gasteiger partial charge in [0.05, 0.1) is 11.3 Å². The summed E-state index contributed by atoms with van der Waals surface area (Å²) in [6.07, 6.45) is 1.63. The fraction of sp³-hybridized carbons (Fsp3) is 0.615. The maximum atomic E-state index is 9.05. The lowest BCUT2D eigenvalue weighted by Crippen LogP contribution is -2.22. The molecule has 86 valence electrons. The van der Waals surface area contributed by atoms with E-state index in [1.165, 1.54) is 0 Å². The Labute approximate surface area is 97.5 Å². The first-order chi connectivity index (χ1) is 7.16. The van der Waals surface area contributed by atoms with E-state index in [2.05, 4.69) is 57.6 Å². The number of hydrogen-bond donors (Lipinski definition) is 0. The van der Waals surface area contributed by atoms with E-state index in [1.807, 2.05) is 0 Å². The highest BCUT2D eigenvalue weighted by Crippen LogP contribution is 2.26. The van der Waals surface area contributed by atoms with Crippen LogP contribution >= 0.6 is 0 Å². The first kappa shape index (κ1) is 12.6. The third-order valence-corrected chi connectivity index (χ3v) is 2.29. The predicted molar refractivity (Wildman–Crippen MR) is 64.1 cm³/mol. The van der Waals surface area contributed by atoms with Crippen molar-refractivity contribution in [2.45, 2.75) is 52.4 Å². The molecule has 0 amide bonds. The van der Waals surface area contributed by atoms with Gasteiger partial charge >= 0.3 is 0 Å². The van der Waals surface area contributed by atoms with Crippen LogP contribution in [0.1, 0.15) is 58.6 Å². The van der Waals surface area contributed by atoms with Crippen LogP contribution in [-0.4, -0.2) is 9.97 Å². The highest BCUT2D eigenvalue weighted by molar-refractivity contribution is 5.35. The van der Waals surface area contributed by atoms with E-state index in [1.54, 1.807) is 6.20 Å². The molecule has 0 N–H and O–H groups in total. The van der Waals surface area contributed by atoms with Crippen molar-refractivity contribution < 1.29 is 0 Å². The molecule has 3 nitrogen and oxygen atoms in total. The number of nitrogens with zero attached hydrogens (tertiary/aromatic N) is 3. The van der Waals surface area contributed by atoms with E-state index >= 15 is 0 Å². The van der Waals surface area contributed by atoms with Crippen molar-refractivity contribution >= 4 is 0 Å². The number of aromatic nitrogens is 2. The number of hydrogen-bond acceptors (Lipinski definition) is 3. The summed E-state index contributed by atoms with van der Waals surface area (Å²) >= 11 is 0. The van der Waals surface area contributed by atoms with Gasteiger partial charge in [0, 0.05) is 17.0 Å².